The van der Waals surface area contributed by atoms with Gasteiger partial charge in [0.05, 0.1) is 11.6 Å². The van der Waals surface area contributed by atoms with Crippen molar-refractivity contribution in [3.8, 4) is 0 Å². The van der Waals surface area contributed by atoms with Crippen molar-refractivity contribution in [1.29, 1.82) is 0 Å². The van der Waals surface area contributed by atoms with Crippen LogP contribution in [0.2, 0.25) is 0 Å². The topological polar surface area (TPSA) is 67.3 Å². The van der Waals surface area contributed by atoms with Gasteiger partial charge in [0.15, 0.2) is 5.82 Å². The van der Waals surface area contributed by atoms with Gasteiger partial charge in [0.2, 0.25) is 0 Å². The summed E-state index contributed by atoms with van der Waals surface area (Å²) in [5, 5.41) is 13.2. The molecule has 0 spiro atoms. The molecule has 0 saturated heterocycles. The Morgan fingerprint density at radius 3 is 2.71 bits per heavy atom. The van der Waals surface area contributed by atoms with E-state index in [1.165, 1.54) is 5.56 Å². The lowest BCUT2D eigenvalue weighted by Crippen LogP contribution is -2.50. The maximum absolute atomic E-state index is 9.77. The summed E-state index contributed by atoms with van der Waals surface area (Å²) in [5.74, 6) is 1.40. The fourth-order valence-electron chi connectivity index (χ4n) is 2.82. The zero-order chi connectivity index (χ0) is 14.7. The van der Waals surface area contributed by atoms with Crippen LogP contribution in [0.4, 0.5) is 5.82 Å². The van der Waals surface area contributed by atoms with Crippen LogP contribution in [0.3, 0.4) is 0 Å². The Kier molecular flexibility index (Phi) is 3.86. The molecule has 0 amide bonds. The molecule has 0 bridgehead atoms. The molecule has 2 N–H and O–H groups in total. The number of nitrogens with one attached hydrogen (secondary N) is 1. The molecule has 1 aromatic heterocycles. The molecule has 1 aromatic carbocycles. The number of hydrogen-bond acceptors (Lipinski definition) is 5. The Balaban J connectivity index is 1.85. The number of ether oxygens (including phenoxy) is 1. The Morgan fingerprint density at radius 1 is 1.29 bits per heavy atom. The quantitative estimate of drug-likeness (QED) is 0.880. The van der Waals surface area contributed by atoms with Crippen molar-refractivity contribution >= 4 is 5.82 Å². The maximum atomic E-state index is 9.77. The number of aromatic nitrogens is 2. The number of anilines is 1. The van der Waals surface area contributed by atoms with Crippen molar-refractivity contribution in [3.05, 3.63) is 54.0 Å². The summed E-state index contributed by atoms with van der Waals surface area (Å²) < 4.78 is 5.06. The predicted octanol–water partition coefficient (Wildman–Crippen LogP) is 2.09. The van der Waals surface area contributed by atoms with Gasteiger partial charge in [-0.3, -0.25) is 0 Å². The second-order valence-corrected chi connectivity index (χ2v) is 5.43. The third kappa shape index (κ3) is 2.89. The molecule has 0 radical (unpaired) electrons. The molecule has 5 heteroatoms. The van der Waals surface area contributed by atoms with E-state index in [1.807, 2.05) is 24.3 Å². The van der Waals surface area contributed by atoms with Crippen LogP contribution in [-0.4, -0.2) is 28.3 Å². The van der Waals surface area contributed by atoms with Crippen molar-refractivity contribution in [2.24, 2.45) is 0 Å². The predicted molar refractivity (Wildman–Crippen MR) is 79.7 cm³/mol. The summed E-state index contributed by atoms with van der Waals surface area (Å²) >= 11 is 0. The van der Waals surface area contributed by atoms with Crippen LogP contribution < -0.4 is 5.32 Å². The minimum absolute atomic E-state index is 0.251. The monoisotopic (exact) mass is 285 g/mol. The molecule has 0 unspecified atom stereocenters. The Hall–Kier alpha value is -1.98. The van der Waals surface area contributed by atoms with Gasteiger partial charge in [-0.1, -0.05) is 30.3 Å². The smallest absolute Gasteiger partial charge is 0.156 e. The lowest BCUT2D eigenvalue weighted by atomic mass is 9.69. The van der Waals surface area contributed by atoms with Gasteiger partial charge in [-0.15, -0.1) is 0 Å². The van der Waals surface area contributed by atoms with Crippen LogP contribution in [-0.2, 0) is 16.9 Å². The molecule has 21 heavy (non-hydrogen) atoms. The lowest BCUT2D eigenvalue weighted by Gasteiger charge is -2.46. The fraction of sp³-hybridized carbons (Fsp3) is 0.375. The fourth-order valence-corrected chi connectivity index (χ4v) is 2.82. The highest BCUT2D eigenvalue weighted by Gasteiger charge is 2.45. The highest BCUT2D eigenvalue weighted by Crippen LogP contribution is 2.43. The summed E-state index contributed by atoms with van der Waals surface area (Å²) in [7, 11) is 1.62. The van der Waals surface area contributed by atoms with Crippen LogP contribution >= 0.6 is 0 Å². The molecule has 0 atom stereocenters. The van der Waals surface area contributed by atoms with E-state index >= 15 is 0 Å². The van der Waals surface area contributed by atoms with Gasteiger partial charge in [0.1, 0.15) is 12.4 Å². The van der Waals surface area contributed by atoms with E-state index < -0.39 is 0 Å². The standard InChI is InChI=1S/C16H19N3O2/c1-21-11-15-17-8-7-14(18-15)19-16(9-13(20)10-16)12-5-3-2-4-6-12/h2-8,13,20H,9-11H2,1H3,(H,17,18,19). The molecule has 1 aliphatic carbocycles. The second kappa shape index (κ2) is 5.79. The molecule has 5 nitrogen and oxygen atoms in total. The van der Waals surface area contributed by atoms with Crippen LogP contribution in [0.1, 0.15) is 24.2 Å². The number of rotatable bonds is 5. The van der Waals surface area contributed by atoms with Crippen LogP contribution in [0, 0.1) is 0 Å². The molecule has 1 heterocycles. The third-order valence-electron chi connectivity index (χ3n) is 3.84. The van der Waals surface area contributed by atoms with Crippen molar-refractivity contribution in [2.75, 3.05) is 12.4 Å². The number of benzene rings is 1. The molecular weight excluding hydrogens is 266 g/mol. The summed E-state index contributed by atoms with van der Waals surface area (Å²) in [6.45, 7) is 0.385. The molecule has 0 aliphatic heterocycles. The highest BCUT2D eigenvalue weighted by molar-refractivity contribution is 5.44. The Labute approximate surface area is 124 Å². The first-order valence-electron chi connectivity index (χ1n) is 7.04. The normalized spacial score (nSPS) is 24.4. The Morgan fingerprint density at radius 2 is 2.05 bits per heavy atom. The number of nitrogens with zero attached hydrogens (tertiary/aromatic N) is 2. The highest BCUT2D eigenvalue weighted by atomic mass is 16.5. The van der Waals surface area contributed by atoms with E-state index in [0.29, 0.717) is 25.3 Å². The lowest BCUT2D eigenvalue weighted by molar-refractivity contribution is 0.0316. The average molecular weight is 285 g/mol. The zero-order valence-corrected chi connectivity index (χ0v) is 12.0. The summed E-state index contributed by atoms with van der Waals surface area (Å²) in [4.78, 5) is 8.62. The summed E-state index contributed by atoms with van der Waals surface area (Å²) in [6.07, 6.45) is 2.82. The van der Waals surface area contributed by atoms with Gasteiger partial charge in [0, 0.05) is 26.1 Å². The van der Waals surface area contributed by atoms with E-state index in [1.54, 1.807) is 13.3 Å². The van der Waals surface area contributed by atoms with E-state index in [4.69, 9.17) is 4.74 Å². The summed E-state index contributed by atoms with van der Waals surface area (Å²) in [6, 6.07) is 12.0. The first kappa shape index (κ1) is 14.0. The molecule has 1 aliphatic rings. The average Bonchev–Trinajstić information content (AvgIpc) is 2.47. The van der Waals surface area contributed by atoms with Gasteiger partial charge >= 0.3 is 0 Å². The SMILES string of the molecule is COCc1nccc(NC2(c3ccccc3)CC(O)C2)n1. The molecule has 2 aromatic rings. The number of methoxy groups -OCH3 is 1. The van der Waals surface area contributed by atoms with Crippen molar-refractivity contribution < 1.29 is 9.84 Å². The molecule has 110 valence electrons. The number of aliphatic hydroxyl groups excluding tert-OH is 1. The maximum Gasteiger partial charge on any atom is 0.156 e. The van der Waals surface area contributed by atoms with Gasteiger partial charge in [0.25, 0.3) is 0 Å². The molecular formula is C16H19N3O2. The number of hydrogen-bond donors (Lipinski definition) is 2. The molecule has 3 rings (SSSR count). The van der Waals surface area contributed by atoms with Gasteiger partial charge in [-0.05, 0) is 11.6 Å². The molecule has 1 saturated carbocycles. The zero-order valence-electron chi connectivity index (χ0n) is 12.0. The van der Waals surface area contributed by atoms with Crippen LogP contribution in [0.5, 0.6) is 0 Å². The van der Waals surface area contributed by atoms with E-state index in [-0.39, 0.29) is 11.6 Å². The van der Waals surface area contributed by atoms with Gasteiger partial charge in [-0.2, -0.15) is 0 Å². The van der Waals surface area contributed by atoms with Crippen LogP contribution in [0.25, 0.3) is 0 Å². The first-order chi connectivity index (χ1) is 10.2. The Bertz CT molecular complexity index is 597. The van der Waals surface area contributed by atoms with E-state index in [9.17, 15) is 5.11 Å². The minimum atomic E-state index is -0.266. The largest absolute Gasteiger partial charge is 0.393 e. The third-order valence-corrected chi connectivity index (χ3v) is 3.84. The van der Waals surface area contributed by atoms with Crippen molar-refractivity contribution in [2.45, 2.75) is 31.1 Å². The summed E-state index contributed by atoms with van der Waals surface area (Å²) in [5.41, 5.74) is 0.918. The van der Waals surface area contributed by atoms with E-state index in [2.05, 4.69) is 27.4 Å². The van der Waals surface area contributed by atoms with Gasteiger partial charge < -0.3 is 15.2 Å². The molecule has 1 fully saturated rings. The van der Waals surface area contributed by atoms with Crippen LogP contribution in [0.15, 0.2) is 42.6 Å². The van der Waals surface area contributed by atoms with E-state index in [0.717, 1.165) is 5.82 Å². The van der Waals surface area contributed by atoms with Crippen molar-refractivity contribution in [1.82, 2.24) is 9.97 Å². The van der Waals surface area contributed by atoms with Crippen molar-refractivity contribution in [3.63, 3.8) is 0 Å². The minimum Gasteiger partial charge on any atom is -0.393 e. The first-order valence-corrected chi connectivity index (χ1v) is 7.04. The van der Waals surface area contributed by atoms with Gasteiger partial charge in [-0.25, -0.2) is 9.97 Å². The number of aliphatic hydroxyl groups is 1. The second-order valence-electron chi connectivity index (χ2n) is 5.43.